The molecule has 66 heavy (non-hydrogen) atoms. The summed E-state index contributed by atoms with van der Waals surface area (Å²) in [7, 11) is -9.74. The van der Waals surface area contributed by atoms with Gasteiger partial charge in [0, 0.05) is 12.8 Å². The Morgan fingerprint density at radius 2 is 1.03 bits per heavy atom. The van der Waals surface area contributed by atoms with E-state index in [1.54, 1.807) is 12.2 Å². The first-order valence-corrected chi connectivity index (χ1v) is 28.7. The van der Waals surface area contributed by atoms with Gasteiger partial charge in [-0.3, -0.25) is 23.2 Å². The minimum atomic E-state index is -4.88. The van der Waals surface area contributed by atoms with Crippen LogP contribution in [0.5, 0.6) is 0 Å². The highest BCUT2D eigenvalue weighted by atomic mass is 31.2. The van der Waals surface area contributed by atoms with Crippen molar-refractivity contribution in [1.29, 1.82) is 0 Å². The SMILES string of the molecule is CCCCCCCC/C=C/C/C=C/C=C/C(O)CCCC(=O)OC[C@H](COP(=O)(O)OC[C@@H](O)COP(=O)(O)O)OC(=O)CCCCCCCCCCCCCCCCCCCCC(C)C. The maximum Gasteiger partial charge on any atom is 0.472 e. The van der Waals surface area contributed by atoms with Gasteiger partial charge in [-0.15, -0.1) is 0 Å². The smallest absolute Gasteiger partial charge is 0.462 e. The molecular formula is C50H94O14P2. The molecule has 0 aliphatic carbocycles. The molecular weight excluding hydrogens is 886 g/mol. The molecule has 0 radical (unpaired) electrons. The highest BCUT2D eigenvalue weighted by Crippen LogP contribution is 2.44. The van der Waals surface area contributed by atoms with Crippen molar-refractivity contribution in [2.24, 2.45) is 5.92 Å². The van der Waals surface area contributed by atoms with E-state index in [0.29, 0.717) is 19.3 Å². The van der Waals surface area contributed by atoms with Crippen LogP contribution in [0.4, 0.5) is 0 Å². The van der Waals surface area contributed by atoms with E-state index >= 15 is 0 Å². The number of hydrogen-bond donors (Lipinski definition) is 5. The van der Waals surface area contributed by atoms with Crippen molar-refractivity contribution in [3.8, 4) is 0 Å². The van der Waals surface area contributed by atoms with Crippen LogP contribution in [0, 0.1) is 5.92 Å². The van der Waals surface area contributed by atoms with Gasteiger partial charge in [0.25, 0.3) is 0 Å². The lowest BCUT2D eigenvalue weighted by Gasteiger charge is -2.20. The predicted molar refractivity (Wildman–Crippen MR) is 264 cm³/mol. The number of ether oxygens (including phenoxy) is 2. The molecule has 0 amide bonds. The number of phosphoric acid groups is 2. The molecule has 14 nitrogen and oxygen atoms in total. The first-order chi connectivity index (χ1) is 31.6. The molecule has 0 aliphatic rings. The topological polar surface area (TPSA) is 216 Å². The largest absolute Gasteiger partial charge is 0.472 e. The number of allylic oxidation sites excluding steroid dienone is 5. The van der Waals surface area contributed by atoms with Crippen molar-refractivity contribution >= 4 is 27.6 Å². The van der Waals surface area contributed by atoms with Crippen LogP contribution in [-0.2, 0) is 41.8 Å². The third kappa shape index (κ3) is 48.7. The summed E-state index contributed by atoms with van der Waals surface area (Å²) in [5, 5.41) is 20.1. The van der Waals surface area contributed by atoms with Crippen LogP contribution in [0.2, 0.25) is 0 Å². The molecule has 0 saturated carbocycles. The van der Waals surface area contributed by atoms with Crippen molar-refractivity contribution in [2.75, 3.05) is 26.4 Å². The van der Waals surface area contributed by atoms with Crippen molar-refractivity contribution in [3.63, 3.8) is 0 Å². The van der Waals surface area contributed by atoms with Gasteiger partial charge < -0.3 is 34.4 Å². The van der Waals surface area contributed by atoms with Crippen LogP contribution >= 0.6 is 15.6 Å². The van der Waals surface area contributed by atoms with E-state index in [2.05, 4.69) is 42.0 Å². The van der Waals surface area contributed by atoms with Crippen molar-refractivity contribution in [3.05, 3.63) is 36.5 Å². The van der Waals surface area contributed by atoms with E-state index in [4.69, 9.17) is 23.8 Å². The van der Waals surface area contributed by atoms with Gasteiger partial charge in [-0.2, -0.15) is 0 Å². The molecule has 16 heteroatoms. The fourth-order valence-electron chi connectivity index (χ4n) is 7.13. The summed E-state index contributed by atoms with van der Waals surface area (Å²) in [5.41, 5.74) is 0. The summed E-state index contributed by atoms with van der Waals surface area (Å²) in [6.45, 7) is 3.93. The standard InChI is InChI=1S/C50H94O14P2/c1-4-5-6-7-8-9-10-17-21-24-27-30-33-37-46(51)38-35-40-49(53)60-43-48(44-63-66(58,59)62-42-47(52)41-61-65(55,56)57)64-50(54)39-34-31-28-25-22-19-16-14-12-11-13-15-18-20-23-26-29-32-36-45(2)3/h17,21,27,30,33,37,45-48,51-52H,4-16,18-20,22-26,28-29,31-32,34-36,38-44H2,1-3H3,(H,58,59)(H2,55,56,57)/b21-17+,30-27+,37-33+/t46?,47-,48+/m0/s1. The number of aliphatic hydroxyl groups excluding tert-OH is 2. The number of esters is 2. The highest BCUT2D eigenvalue weighted by molar-refractivity contribution is 7.47. The summed E-state index contributed by atoms with van der Waals surface area (Å²) < 4.78 is 47.8. The van der Waals surface area contributed by atoms with Gasteiger partial charge in [-0.25, -0.2) is 9.13 Å². The maximum absolute atomic E-state index is 12.7. The monoisotopic (exact) mass is 981 g/mol. The first kappa shape index (κ1) is 64.3. The Bertz CT molecular complexity index is 1330. The van der Waals surface area contributed by atoms with Crippen LogP contribution in [0.3, 0.4) is 0 Å². The molecule has 0 aromatic rings. The molecule has 0 aromatic heterocycles. The Kier molecular flexibility index (Phi) is 43.4. The first-order valence-electron chi connectivity index (χ1n) is 25.6. The molecule has 4 atom stereocenters. The molecule has 0 bridgehead atoms. The second-order valence-corrected chi connectivity index (χ2v) is 20.8. The molecule has 5 N–H and O–H groups in total. The number of unbranched alkanes of at least 4 members (excludes halogenated alkanes) is 23. The van der Waals surface area contributed by atoms with Crippen LogP contribution < -0.4 is 0 Å². The van der Waals surface area contributed by atoms with Crippen molar-refractivity contribution < 1.29 is 66.7 Å². The fraction of sp³-hybridized carbons (Fsp3) is 0.840. The average molecular weight is 981 g/mol. The number of aliphatic hydroxyl groups is 2. The molecule has 0 aromatic carbocycles. The summed E-state index contributed by atoms with van der Waals surface area (Å²) in [6, 6.07) is 0. The van der Waals surface area contributed by atoms with Gasteiger partial charge in [0.15, 0.2) is 6.10 Å². The van der Waals surface area contributed by atoms with E-state index < -0.39 is 72.3 Å². The van der Waals surface area contributed by atoms with E-state index in [9.17, 15) is 33.8 Å². The van der Waals surface area contributed by atoms with Gasteiger partial charge in [0.2, 0.25) is 0 Å². The second kappa shape index (κ2) is 44.5. The number of hydrogen-bond acceptors (Lipinski definition) is 11. The Balaban J connectivity index is 4.53. The van der Waals surface area contributed by atoms with Gasteiger partial charge in [0.05, 0.1) is 25.9 Å². The maximum atomic E-state index is 12.7. The van der Waals surface area contributed by atoms with Crippen LogP contribution in [0.15, 0.2) is 36.5 Å². The minimum Gasteiger partial charge on any atom is -0.462 e. The number of carbonyl (C=O) groups is 2. The lowest BCUT2D eigenvalue weighted by Crippen LogP contribution is -2.30. The Hall–Kier alpha value is -1.70. The molecule has 0 saturated heterocycles. The zero-order chi connectivity index (χ0) is 49.0. The Morgan fingerprint density at radius 3 is 1.59 bits per heavy atom. The number of phosphoric ester groups is 2. The van der Waals surface area contributed by atoms with Gasteiger partial charge >= 0.3 is 27.6 Å². The molecule has 0 spiro atoms. The second-order valence-electron chi connectivity index (χ2n) is 18.1. The molecule has 0 rings (SSSR count). The van der Waals surface area contributed by atoms with Gasteiger partial charge in [0.1, 0.15) is 12.7 Å². The summed E-state index contributed by atoms with van der Waals surface area (Å²) in [4.78, 5) is 52.9. The average Bonchev–Trinajstić information content (AvgIpc) is 3.26. The van der Waals surface area contributed by atoms with Gasteiger partial charge in [-0.1, -0.05) is 205 Å². The Labute approximate surface area is 400 Å². The normalized spacial score (nSPS) is 14.7. The number of rotatable bonds is 48. The van der Waals surface area contributed by atoms with Crippen LogP contribution in [0.25, 0.3) is 0 Å². The van der Waals surface area contributed by atoms with E-state index in [1.807, 2.05) is 12.2 Å². The zero-order valence-electron chi connectivity index (χ0n) is 41.3. The lowest BCUT2D eigenvalue weighted by atomic mass is 10.0. The van der Waals surface area contributed by atoms with Crippen LogP contribution in [-0.4, -0.2) is 81.6 Å². The van der Waals surface area contributed by atoms with Crippen molar-refractivity contribution in [1.82, 2.24) is 0 Å². The lowest BCUT2D eigenvalue weighted by molar-refractivity contribution is -0.161. The summed E-state index contributed by atoms with van der Waals surface area (Å²) in [5.74, 6) is -0.393. The van der Waals surface area contributed by atoms with Gasteiger partial charge in [-0.05, 0) is 44.4 Å². The quantitative estimate of drug-likeness (QED) is 0.0126. The molecule has 0 aliphatic heterocycles. The third-order valence-electron chi connectivity index (χ3n) is 11.1. The third-order valence-corrected chi connectivity index (χ3v) is 12.5. The molecule has 0 fully saturated rings. The molecule has 0 heterocycles. The molecule has 2 unspecified atom stereocenters. The van der Waals surface area contributed by atoms with Crippen molar-refractivity contribution in [2.45, 2.75) is 238 Å². The predicted octanol–water partition coefficient (Wildman–Crippen LogP) is 12.8. The summed E-state index contributed by atoms with van der Waals surface area (Å²) in [6.07, 6.45) is 41.6. The minimum absolute atomic E-state index is 0.0269. The van der Waals surface area contributed by atoms with E-state index in [-0.39, 0.29) is 12.8 Å². The zero-order valence-corrected chi connectivity index (χ0v) is 43.1. The summed E-state index contributed by atoms with van der Waals surface area (Å²) >= 11 is 0. The number of carbonyl (C=O) groups excluding carboxylic acids is 2. The van der Waals surface area contributed by atoms with E-state index in [1.165, 1.54) is 128 Å². The van der Waals surface area contributed by atoms with Crippen LogP contribution in [0.1, 0.15) is 220 Å². The van der Waals surface area contributed by atoms with E-state index in [0.717, 1.165) is 44.4 Å². The molecule has 388 valence electrons. The Morgan fingerprint density at radius 1 is 0.530 bits per heavy atom. The highest BCUT2D eigenvalue weighted by Gasteiger charge is 2.28. The fourth-order valence-corrected chi connectivity index (χ4v) is 8.29.